The van der Waals surface area contributed by atoms with E-state index in [1.54, 1.807) is 0 Å². The fraction of sp³-hybridized carbons (Fsp3) is 0.238. The number of Topliss-reactive ketones (excluding diaryl/α,β-unsaturated/α-hetero) is 1. The van der Waals surface area contributed by atoms with Crippen molar-refractivity contribution in [3.63, 3.8) is 0 Å². The van der Waals surface area contributed by atoms with Crippen LogP contribution in [-0.2, 0) is 19.1 Å². The molecule has 2 aliphatic rings. The Bertz CT molecular complexity index is 944. The van der Waals surface area contributed by atoms with Crippen molar-refractivity contribution < 1.29 is 19.1 Å². The van der Waals surface area contributed by atoms with Crippen molar-refractivity contribution in [3.8, 4) is 0 Å². The van der Waals surface area contributed by atoms with Gasteiger partial charge in [-0.3, -0.25) is 4.79 Å². The molecule has 2 heterocycles. The third kappa shape index (κ3) is 3.06. The van der Waals surface area contributed by atoms with Gasteiger partial charge in [0, 0.05) is 18.4 Å². The Hall–Kier alpha value is -2.86. The molecule has 6 heteroatoms. The molecule has 0 fully saturated rings. The quantitative estimate of drug-likeness (QED) is 0.822. The maximum absolute atomic E-state index is 13.1. The SMILES string of the molecule is COC(=O)C1=C(N)OC2=C(C(=O)C[C@@H](c3ccccc3)C2)[C@@H]1c1ccsc1. The van der Waals surface area contributed by atoms with Gasteiger partial charge in [0.15, 0.2) is 5.78 Å². The first-order valence-electron chi connectivity index (χ1n) is 8.69. The minimum absolute atomic E-state index is 0.0123. The summed E-state index contributed by atoms with van der Waals surface area (Å²) in [5, 5.41) is 3.84. The summed E-state index contributed by atoms with van der Waals surface area (Å²) in [7, 11) is 1.30. The first kappa shape index (κ1) is 17.5. The number of rotatable bonds is 3. The Balaban J connectivity index is 1.79. The number of benzene rings is 1. The first-order valence-corrected chi connectivity index (χ1v) is 9.63. The van der Waals surface area contributed by atoms with E-state index in [1.165, 1.54) is 18.4 Å². The van der Waals surface area contributed by atoms with Crippen molar-refractivity contribution in [1.29, 1.82) is 0 Å². The van der Waals surface area contributed by atoms with Crippen LogP contribution in [0.5, 0.6) is 0 Å². The van der Waals surface area contributed by atoms with Crippen molar-refractivity contribution in [2.75, 3.05) is 7.11 Å². The van der Waals surface area contributed by atoms with Gasteiger partial charge < -0.3 is 15.2 Å². The van der Waals surface area contributed by atoms with E-state index in [-0.39, 0.29) is 23.2 Å². The fourth-order valence-corrected chi connectivity index (χ4v) is 4.54. The molecule has 4 rings (SSSR count). The average molecular weight is 381 g/mol. The zero-order valence-electron chi connectivity index (χ0n) is 14.8. The van der Waals surface area contributed by atoms with Crippen molar-refractivity contribution in [1.82, 2.24) is 0 Å². The fourth-order valence-electron chi connectivity index (χ4n) is 3.85. The number of hydrogen-bond acceptors (Lipinski definition) is 6. The largest absolute Gasteiger partial charge is 0.465 e. The molecule has 0 radical (unpaired) electrons. The average Bonchev–Trinajstić information content (AvgIpc) is 3.21. The molecule has 1 aromatic heterocycles. The molecule has 2 aromatic rings. The molecule has 1 aliphatic carbocycles. The van der Waals surface area contributed by atoms with Crippen LogP contribution in [0.4, 0.5) is 0 Å². The van der Waals surface area contributed by atoms with Gasteiger partial charge in [-0.1, -0.05) is 30.3 Å². The molecule has 27 heavy (non-hydrogen) atoms. The summed E-state index contributed by atoms with van der Waals surface area (Å²) in [6.45, 7) is 0. The van der Waals surface area contributed by atoms with E-state index in [0.717, 1.165) is 11.1 Å². The molecular weight excluding hydrogens is 362 g/mol. The second-order valence-corrected chi connectivity index (χ2v) is 7.42. The standard InChI is InChI=1S/C21H19NO4S/c1-25-21(24)19-17(13-7-8-27-11-13)18-15(23)9-14(10-16(18)26-20(19)22)12-5-3-2-4-6-12/h2-8,11,14,17H,9-10,22H2,1H3/t14-,17+/m1/s1. The number of carbonyl (C=O) groups excluding carboxylic acids is 2. The van der Waals surface area contributed by atoms with Gasteiger partial charge in [-0.25, -0.2) is 4.79 Å². The van der Waals surface area contributed by atoms with Gasteiger partial charge in [0.2, 0.25) is 5.88 Å². The number of ether oxygens (including phenoxy) is 2. The predicted octanol–water partition coefficient (Wildman–Crippen LogP) is 3.61. The van der Waals surface area contributed by atoms with Gasteiger partial charge in [0.25, 0.3) is 0 Å². The lowest BCUT2D eigenvalue weighted by Gasteiger charge is -2.34. The lowest BCUT2D eigenvalue weighted by atomic mass is 9.74. The summed E-state index contributed by atoms with van der Waals surface area (Å²) in [5.41, 5.74) is 8.77. The predicted molar refractivity (Wildman–Crippen MR) is 102 cm³/mol. The van der Waals surface area contributed by atoms with Gasteiger partial charge in [0.1, 0.15) is 11.3 Å². The number of allylic oxidation sites excluding steroid dienone is 2. The molecule has 0 saturated heterocycles. The summed E-state index contributed by atoms with van der Waals surface area (Å²) in [6.07, 6.45) is 0.947. The molecule has 5 nitrogen and oxygen atoms in total. The Kier molecular flexibility index (Phi) is 4.58. The van der Waals surface area contributed by atoms with Crippen LogP contribution in [0.25, 0.3) is 0 Å². The van der Waals surface area contributed by atoms with Crippen molar-refractivity contribution in [2.45, 2.75) is 24.7 Å². The zero-order valence-corrected chi connectivity index (χ0v) is 15.6. The van der Waals surface area contributed by atoms with Crippen LogP contribution in [-0.4, -0.2) is 18.9 Å². The normalized spacial score (nSPS) is 22.3. The number of ketones is 1. The summed E-state index contributed by atoms with van der Waals surface area (Å²) >= 11 is 1.50. The molecule has 1 aliphatic heterocycles. The molecule has 138 valence electrons. The van der Waals surface area contributed by atoms with Crippen LogP contribution >= 0.6 is 11.3 Å². The zero-order chi connectivity index (χ0) is 19.0. The Labute approximate surface area is 161 Å². The Morgan fingerprint density at radius 2 is 1.96 bits per heavy atom. The Morgan fingerprint density at radius 3 is 2.63 bits per heavy atom. The van der Waals surface area contributed by atoms with Crippen LogP contribution in [0.15, 0.2) is 69.9 Å². The maximum atomic E-state index is 13.1. The third-order valence-electron chi connectivity index (χ3n) is 5.09. The van der Waals surface area contributed by atoms with E-state index in [0.29, 0.717) is 24.2 Å². The maximum Gasteiger partial charge on any atom is 0.340 e. The number of methoxy groups -OCH3 is 1. The van der Waals surface area contributed by atoms with Crippen molar-refractivity contribution in [3.05, 3.63) is 81.1 Å². The molecular formula is C21H19NO4S. The van der Waals surface area contributed by atoms with Gasteiger partial charge >= 0.3 is 5.97 Å². The molecule has 2 atom stereocenters. The number of thiophene rings is 1. The molecule has 0 bridgehead atoms. The van der Waals surface area contributed by atoms with Gasteiger partial charge in [-0.2, -0.15) is 11.3 Å². The second kappa shape index (κ2) is 7.04. The van der Waals surface area contributed by atoms with Crippen LogP contribution in [0.3, 0.4) is 0 Å². The number of carbonyl (C=O) groups is 2. The van der Waals surface area contributed by atoms with Crippen LogP contribution in [0.1, 0.15) is 35.8 Å². The smallest absolute Gasteiger partial charge is 0.340 e. The summed E-state index contributed by atoms with van der Waals surface area (Å²) in [6, 6.07) is 11.8. The summed E-state index contributed by atoms with van der Waals surface area (Å²) < 4.78 is 10.7. The highest BCUT2D eigenvalue weighted by Gasteiger charge is 2.43. The van der Waals surface area contributed by atoms with Gasteiger partial charge in [-0.15, -0.1) is 0 Å². The molecule has 0 unspecified atom stereocenters. The summed E-state index contributed by atoms with van der Waals surface area (Å²) in [4.78, 5) is 25.5. The van der Waals surface area contributed by atoms with Crippen LogP contribution in [0, 0.1) is 0 Å². The number of hydrogen-bond donors (Lipinski definition) is 1. The lowest BCUT2D eigenvalue weighted by molar-refractivity contribution is -0.136. The van der Waals surface area contributed by atoms with Crippen LogP contribution in [0.2, 0.25) is 0 Å². The molecule has 0 saturated carbocycles. The lowest BCUT2D eigenvalue weighted by Crippen LogP contribution is -2.32. The van der Waals surface area contributed by atoms with Gasteiger partial charge in [-0.05, 0) is 33.9 Å². The summed E-state index contributed by atoms with van der Waals surface area (Å²) in [5.74, 6) is -0.534. The minimum atomic E-state index is -0.576. The number of nitrogens with two attached hydrogens (primary N) is 1. The third-order valence-corrected chi connectivity index (χ3v) is 5.79. The van der Waals surface area contributed by atoms with E-state index < -0.39 is 11.9 Å². The van der Waals surface area contributed by atoms with E-state index in [4.69, 9.17) is 15.2 Å². The number of esters is 1. The first-order chi connectivity index (χ1) is 13.1. The highest BCUT2D eigenvalue weighted by molar-refractivity contribution is 7.08. The van der Waals surface area contributed by atoms with Gasteiger partial charge in [0.05, 0.1) is 13.0 Å². The second-order valence-electron chi connectivity index (χ2n) is 6.64. The molecule has 0 amide bonds. The molecule has 2 N–H and O–H groups in total. The highest BCUT2D eigenvalue weighted by Crippen LogP contribution is 2.47. The Morgan fingerprint density at radius 1 is 1.19 bits per heavy atom. The van der Waals surface area contributed by atoms with E-state index in [9.17, 15) is 9.59 Å². The van der Waals surface area contributed by atoms with E-state index in [1.807, 2.05) is 47.2 Å². The molecule has 0 spiro atoms. The van der Waals surface area contributed by atoms with E-state index in [2.05, 4.69) is 0 Å². The monoisotopic (exact) mass is 381 g/mol. The molecule has 1 aromatic carbocycles. The van der Waals surface area contributed by atoms with Crippen molar-refractivity contribution >= 4 is 23.1 Å². The topological polar surface area (TPSA) is 78.6 Å². The van der Waals surface area contributed by atoms with Crippen LogP contribution < -0.4 is 5.73 Å². The van der Waals surface area contributed by atoms with Crippen molar-refractivity contribution in [2.24, 2.45) is 5.73 Å². The minimum Gasteiger partial charge on any atom is -0.465 e. The van der Waals surface area contributed by atoms with E-state index >= 15 is 0 Å². The highest BCUT2D eigenvalue weighted by atomic mass is 32.1.